The molecule has 0 fully saturated rings. The minimum atomic E-state index is -1.20. The van der Waals surface area contributed by atoms with Crippen molar-refractivity contribution < 1.29 is 14.4 Å². The predicted molar refractivity (Wildman–Crippen MR) is 79.2 cm³/mol. The molecule has 0 aliphatic rings. The first-order valence-corrected chi connectivity index (χ1v) is 6.87. The summed E-state index contributed by atoms with van der Waals surface area (Å²) in [7, 11) is 0. The molecule has 0 aliphatic heterocycles. The van der Waals surface area contributed by atoms with E-state index in [-0.39, 0.29) is 6.54 Å². The lowest BCUT2D eigenvalue weighted by molar-refractivity contribution is -0.132. The van der Waals surface area contributed by atoms with Crippen LogP contribution in [0.3, 0.4) is 0 Å². The van der Waals surface area contributed by atoms with Crippen LogP contribution in [0.2, 0.25) is 0 Å². The number of carbonyl (C=O) groups excluding carboxylic acids is 3. The smallest absolute Gasteiger partial charge is 0.250 e. The fourth-order valence-electron chi connectivity index (χ4n) is 2.19. The van der Waals surface area contributed by atoms with Crippen LogP contribution >= 0.6 is 0 Å². The van der Waals surface area contributed by atoms with E-state index in [1.165, 1.54) is 0 Å². The molecule has 0 aromatic heterocycles. The molecule has 0 aliphatic carbocycles. The van der Waals surface area contributed by atoms with E-state index in [0.29, 0.717) is 18.4 Å². The molecule has 0 saturated heterocycles. The molecular formula is C15H21N3O3. The van der Waals surface area contributed by atoms with E-state index in [1.807, 2.05) is 31.2 Å². The highest BCUT2D eigenvalue weighted by Crippen LogP contribution is 2.25. The third kappa shape index (κ3) is 3.81. The van der Waals surface area contributed by atoms with E-state index in [0.717, 1.165) is 12.0 Å². The zero-order valence-electron chi connectivity index (χ0n) is 12.3. The summed E-state index contributed by atoms with van der Waals surface area (Å²) >= 11 is 0. The molecule has 114 valence electrons. The van der Waals surface area contributed by atoms with E-state index in [1.54, 1.807) is 6.92 Å². The van der Waals surface area contributed by atoms with E-state index in [4.69, 9.17) is 5.73 Å². The first kappa shape index (κ1) is 16.7. The molecule has 6 heteroatoms. The number of aryl methyl sites for hydroxylation is 1. The summed E-state index contributed by atoms with van der Waals surface area (Å²) in [6, 6.07) is 7.44. The monoisotopic (exact) mass is 291 g/mol. The molecule has 1 unspecified atom stereocenters. The van der Waals surface area contributed by atoms with Gasteiger partial charge in [-0.3, -0.25) is 14.4 Å². The van der Waals surface area contributed by atoms with Crippen LogP contribution in [0.15, 0.2) is 24.3 Å². The summed E-state index contributed by atoms with van der Waals surface area (Å²) in [5.41, 5.74) is 5.62. The molecule has 0 radical (unpaired) electrons. The van der Waals surface area contributed by atoms with Crippen LogP contribution < -0.4 is 16.4 Å². The van der Waals surface area contributed by atoms with Crippen molar-refractivity contribution in [1.29, 1.82) is 0 Å². The molecule has 0 bridgehead atoms. The molecule has 1 atom stereocenters. The standard InChI is InChI=1S/C15H21N3O3/c1-3-11-5-7-12(8-6-11)15(4-2,18-10-19)14(21)17-9-13(16)20/h5-8,10H,3-4,9H2,1-2H3,(H2,16,20)(H,17,21)(H,18,19). The SMILES string of the molecule is CCc1ccc(C(CC)(NC=O)C(=O)NCC(N)=O)cc1. The minimum absolute atomic E-state index is 0.270. The number of rotatable bonds is 8. The molecule has 1 rings (SSSR count). The van der Waals surface area contributed by atoms with E-state index < -0.39 is 17.4 Å². The Morgan fingerprint density at radius 1 is 1.24 bits per heavy atom. The molecule has 1 aromatic carbocycles. The van der Waals surface area contributed by atoms with Crippen molar-refractivity contribution in [3.8, 4) is 0 Å². The Balaban J connectivity index is 3.14. The summed E-state index contributed by atoms with van der Waals surface area (Å²) in [6.07, 6.45) is 1.72. The maximum absolute atomic E-state index is 12.4. The van der Waals surface area contributed by atoms with Crippen molar-refractivity contribution >= 4 is 18.2 Å². The van der Waals surface area contributed by atoms with Gasteiger partial charge in [-0.15, -0.1) is 0 Å². The molecular weight excluding hydrogens is 270 g/mol. The normalized spacial score (nSPS) is 13.0. The maximum Gasteiger partial charge on any atom is 0.250 e. The van der Waals surface area contributed by atoms with Gasteiger partial charge in [0.1, 0.15) is 5.54 Å². The fraction of sp³-hybridized carbons (Fsp3) is 0.400. The number of primary amides is 1. The van der Waals surface area contributed by atoms with Gasteiger partial charge in [0, 0.05) is 0 Å². The van der Waals surface area contributed by atoms with Crippen LogP contribution in [0.4, 0.5) is 0 Å². The summed E-state index contributed by atoms with van der Waals surface area (Å²) in [5, 5.41) is 5.03. The maximum atomic E-state index is 12.4. The second-order valence-electron chi connectivity index (χ2n) is 4.72. The number of benzene rings is 1. The summed E-state index contributed by atoms with van der Waals surface area (Å²) < 4.78 is 0. The van der Waals surface area contributed by atoms with Gasteiger partial charge in [-0.1, -0.05) is 38.1 Å². The molecule has 1 aromatic rings. The number of nitrogens with one attached hydrogen (secondary N) is 2. The fourth-order valence-corrected chi connectivity index (χ4v) is 2.19. The first-order valence-electron chi connectivity index (χ1n) is 6.87. The van der Waals surface area contributed by atoms with Gasteiger partial charge in [0.25, 0.3) is 5.91 Å². The summed E-state index contributed by atoms with van der Waals surface area (Å²) in [6.45, 7) is 3.55. The van der Waals surface area contributed by atoms with Crippen molar-refractivity contribution in [2.75, 3.05) is 6.54 Å². The van der Waals surface area contributed by atoms with Gasteiger partial charge in [0.15, 0.2) is 0 Å². The Morgan fingerprint density at radius 3 is 2.29 bits per heavy atom. The number of amides is 3. The lowest BCUT2D eigenvalue weighted by Gasteiger charge is -2.31. The van der Waals surface area contributed by atoms with Crippen LogP contribution in [0.25, 0.3) is 0 Å². The third-order valence-corrected chi connectivity index (χ3v) is 3.50. The van der Waals surface area contributed by atoms with Crippen LogP contribution in [0.1, 0.15) is 31.4 Å². The Hall–Kier alpha value is -2.37. The van der Waals surface area contributed by atoms with E-state index in [9.17, 15) is 14.4 Å². The zero-order chi connectivity index (χ0) is 15.9. The van der Waals surface area contributed by atoms with Crippen LogP contribution in [-0.2, 0) is 26.3 Å². The molecule has 0 spiro atoms. The third-order valence-electron chi connectivity index (χ3n) is 3.50. The summed E-state index contributed by atoms with van der Waals surface area (Å²) in [5.74, 6) is -1.10. The average molecular weight is 291 g/mol. The summed E-state index contributed by atoms with van der Waals surface area (Å²) in [4.78, 5) is 34.2. The highest BCUT2D eigenvalue weighted by Gasteiger charge is 2.38. The van der Waals surface area contributed by atoms with Crippen LogP contribution in [-0.4, -0.2) is 24.8 Å². The number of hydrogen-bond donors (Lipinski definition) is 3. The van der Waals surface area contributed by atoms with Gasteiger partial charge in [0.2, 0.25) is 12.3 Å². The van der Waals surface area contributed by atoms with Gasteiger partial charge >= 0.3 is 0 Å². The predicted octanol–water partition coefficient (Wildman–Crippen LogP) is 0.202. The Labute approximate surface area is 124 Å². The van der Waals surface area contributed by atoms with Gasteiger partial charge in [-0.25, -0.2) is 0 Å². The quantitative estimate of drug-likeness (QED) is 0.596. The van der Waals surface area contributed by atoms with Gasteiger partial charge in [0.05, 0.1) is 6.54 Å². The molecule has 0 saturated carbocycles. The minimum Gasteiger partial charge on any atom is -0.368 e. The van der Waals surface area contributed by atoms with E-state index in [2.05, 4.69) is 10.6 Å². The van der Waals surface area contributed by atoms with Gasteiger partial charge in [-0.2, -0.15) is 0 Å². The molecule has 0 heterocycles. The Kier molecular flexibility index (Phi) is 5.90. The van der Waals surface area contributed by atoms with Crippen molar-refractivity contribution in [3.05, 3.63) is 35.4 Å². The largest absolute Gasteiger partial charge is 0.368 e. The number of carbonyl (C=O) groups is 3. The van der Waals surface area contributed by atoms with Gasteiger partial charge in [-0.05, 0) is 24.0 Å². The number of hydrogen-bond acceptors (Lipinski definition) is 3. The Bertz CT molecular complexity index is 513. The Morgan fingerprint density at radius 2 is 1.86 bits per heavy atom. The molecule has 6 nitrogen and oxygen atoms in total. The van der Waals surface area contributed by atoms with Crippen molar-refractivity contribution in [1.82, 2.24) is 10.6 Å². The van der Waals surface area contributed by atoms with Crippen LogP contribution in [0.5, 0.6) is 0 Å². The molecule has 3 amide bonds. The van der Waals surface area contributed by atoms with E-state index >= 15 is 0 Å². The van der Waals surface area contributed by atoms with Gasteiger partial charge < -0.3 is 16.4 Å². The van der Waals surface area contributed by atoms with Crippen molar-refractivity contribution in [2.24, 2.45) is 5.73 Å². The molecule has 21 heavy (non-hydrogen) atoms. The second kappa shape index (κ2) is 7.42. The first-order chi connectivity index (χ1) is 10.00. The zero-order valence-corrected chi connectivity index (χ0v) is 12.3. The number of nitrogens with two attached hydrogens (primary N) is 1. The second-order valence-corrected chi connectivity index (χ2v) is 4.72. The topological polar surface area (TPSA) is 101 Å². The van der Waals surface area contributed by atoms with Crippen LogP contribution in [0, 0.1) is 0 Å². The molecule has 4 N–H and O–H groups in total. The lowest BCUT2D eigenvalue weighted by atomic mass is 9.85. The lowest BCUT2D eigenvalue weighted by Crippen LogP contribution is -2.54. The highest BCUT2D eigenvalue weighted by atomic mass is 16.2. The average Bonchev–Trinajstić information content (AvgIpc) is 2.50. The highest BCUT2D eigenvalue weighted by molar-refractivity contribution is 5.92. The van der Waals surface area contributed by atoms with Crippen molar-refractivity contribution in [3.63, 3.8) is 0 Å². The van der Waals surface area contributed by atoms with Crippen molar-refractivity contribution in [2.45, 2.75) is 32.2 Å².